The number of amides is 3. The number of aromatic nitrogens is 1. The van der Waals surface area contributed by atoms with Crippen LogP contribution >= 0.6 is 11.3 Å². The highest BCUT2D eigenvalue weighted by Crippen LogP contribution is 2.31. The zero-order valence-electron chi connectivity index (χ0n) is 19.5. The van der Waals surface area contributed by atoms with E-state index in [0.29, 0.717) is 35.7 Å². The molecule has 10 heteroatoms. The van der Waals surface area contributed by atoms with Crippen molar-refractivity contribution in [3.05, 3.63) is 82.0 Å². The number of nitrogens with one attached hydrogen (secondary N) is 2. The van der Waals surface area contributed by atoms with E-state index in [-0.39, 0.29) is 17.5 Å². The Labute approximate surface area is 211 Å². The number of rotatable bonds is 5. The molecule has 0 saturated carbocycles. The van der Waals surface area contributed by atoms with Crippen LogP contribution < -0.4 is 15.6 Å². The number of benzene rings is 2. The Bertz CT molecular complexity index is 1390. The van der Waals surface area contributed by atoms with Gasteiger partial charge in [-0.25, -0.2) is 4.98 Å². The molecule has 0 bridgehead atoms. The van der Waals surface area contributed by atoms with Gasteiger partial charge in [-0.1, -0.05) is 30.3 Å². The number of para-hydroxylation sites is 2. The largest absolute Gasteiger partial charge is 0.496 e. The van der Waals surface area contributed by atoms with E-state index in [1.165, 1.54) is 18.4 Å². The van der Waals surface area contributed by atoms with Crippen LogP contribution in [-0.2, 0) is 0 Å². The first-order valence-electron chi connectivity index (χ1n) is 11.5. The molecule has 5 rings (SSSR count). The van der Waals surface area contributed by atoms with Crippen LogP contribution in [0.25, 0.3) is 11.0 Å². The van der Waals surface area contributed by atoms with Gasteiger partial charge in [0.1, 0.15) is 17.0 Å². The second-order valence-corrected chi connectivity index (χ2v) is 9.28. The standard InChI is InChI=1S/C26H24N4O5S/c1-34-21-9-5-3-7-18(21)23(31)28-29-24(32)19-15-36-25(27-19)16-10-12-30(13-11-16)26(33)22-14-17-6-2-4-8-20(17)35-22/h2-9,14-16H,10-13H2,1H3,(H,28,31)(H,29,32). The van der Waals surface area contributed by atoms with Crippen LogP contribution in [0.3, 0.4) is 0 Å². The van der Waals surface area contributed by atoms with Gasteiger partial charge < -0.3 is 14.1 Å². The van der Waals surface area contributed by atoms with E-state index in [9.17, 15) is 14.4 Å². The molecule has 0 aliphatic carbocycles. The average Bonchev–Trinajstić information content (AvgIpc) is 3.59. The number of piperidine rings is 1. The third kappa shape index (κ3) is 4.80. The number of nitrogens with zero attached hydrogens (tertiary/aromatic N) is 2. The number of methoxy groups -OCH3 is 1. The van der Waals surface area contributed by atoms with Crippen LogP contribution in [0.5, 0.6) is 5.75 Å². The Hall–Kier alpha value is -4.18. The molecule has 1 aliphatic rings. The number of hydrazine groups is 1. The van der Waals surface area contributed by atoms with E-state index in [4.69, 9.17) is 9.15 Å². The fraction of sp³-hybridized carbons (Fsp3) is 0.231. The molecule has 9 nitrogen and oxygen atoms in total. The molecule has 0 radical (unpaired) electrons. The molecule has 2 aromatic heterocycles. The summed E-state index contributed by atoms with van der Waals surface area (Å²) >= 11 is 1.40. The maximum absolute atomic E-state index is 12.9. The summed E-state index contributed by atoms with van der Waals surface area (Å²) in [4.78, 5) is 44.1. The molecule has 1 aliphatic heterocycles. The van der Waals surface area contributed by atoms with Gasteiger partial charge in [0.05, 0.1) is 17.7 Å². The van der Waals surface area contributed by atoms with Gasteiger partial charge in [-0.05, 0) is 37.1 Å². The Kier molecular flexibility index (Phi) is 6.68. The second-order valence-electron chi connectivity index (χ2n) is 8.39. The van der Waals surface area contributed by atoms with Crippen molar-refractivity contribution in [2.75, 3.05) is 20.2 Å². The van der Waals surface area contributed by atoms with Gasteiger partial charge in [-0.3, -0.25) is 25.2 Å². The average molecular weight is 505 g/mol. The van der Waals surface area contributed by atoms with Crippen molar-refractivity contribution in [2.45, 2.75) is 18.8 Å². The van der Waals surface area contributed by atoms with E-state index in [2.05, 4.69) is 15.8 Å². The lowest BCUT2D eigenvalue weighted by atomic mass is 9.97. The van der Waals surface area contributed by atoms with Crippen molar-refractivity contribution in [1.29, 1.82) is 0 Å². The SMILES string of the molecule is COc1ccccc1C(=O)NNC(=O)c1csc(C2CCN(C(=O)c3cc4ccccc4o3)CC2)n1. The molecule has 3 heterocycles. The molecule has 2 aromatic carbocycles. The number of thiazole rings is 1. The van der Waals surface area contributed by atoms with Gasteiger partial charge in [-0.2, -0.15) is 0 Å². The summed E-state index contributed by atoms with van der Waals surface area (Å²) in [5.74, 6) is -0.201. The molecule has 0 spiro atoms. The predicted octanol–water partition coefficient (Wildman–Crippen LogP) is 3.99. The third-order valence-electron chi connectivity index (χ3n) is 6.16. The van der Waals surface area contributed by atoms with Gasteiger partial charge in [-0.15, -0.1) is 11.3 Å². The molecule has 36 heavy (non-hydrogen) atoms. The molecule has 2 N–H and O–H groups in total. The minimum atomic E-state index is -0.502. The Morgan fingerprint density at radius 2 is 1.75 bits per heavy atom. The predicted molar refractivity (Wildman–Crippen MR) is 134 cm³/mol. The Morgan fingerprint density at radius 1 is 1.03 bits per heavy atom. The van der Waals surface area contributed by atoms with E-state index in [0.717, 1.165) is 23.2 Å². The van der Waals surface area contributed by atoms with Gasteiger partial charge in [0.25, 0.3) is 17.7 Å². The minimum absolute atomic E-state index is 0.116. The van der Waals surface area contributed by atoms with E-state index < -0.39 is 11.8 Å². The number of hydrogen-bond acceptors (Lipinski definition) is 7. The van der Waals surface area contributed by atoms with Crippen molar-refractivity contribution in [3.8, 4) is 5.75 Å². The highest BCUT2D eigenvalue weighted by molar-refractivity contribution is 7.09. The van der Waals surface area contributed by atoms with Crippen molar-refractivity contribution < 1.29 is 23.5 Å². The summed E-state index contributed by atoms with van der Waals surface area (Å²) in [5, 5.41) is 3.42. The summed E-state index contributed by atoms with van der Waals surface area (Å²) in [6, 6.07) is 16.1. The minimum Gasteiger partial charge on any atom is -0.496 e. The molecular formula is C26H24N4O5S. The van der Waals surface area contributed by atoms with Gasteiger partial charge in [0.15, 0.2) is 5.76 Å². The second kappa shape index (κ2) is 10.2. The molecule has 3 amide bonds. The lowest BCUT2D eigenvalue weighted by Crippen LogP contribution is -2.42. The van der Waals surface area contributed by atoms with E-state index in [1.807, 2.05) is 24.3 Å². The van der Waals surface area contributed by atoms with Gasteiger partial charge in [0.2, 0.25) is 0 Å². The van der Waals surface area contributed by atoms with Crippen molar-refractivity contribution in [3.63, 3.8) is 0 Å². The molecule has 1 fully saturated rings. The van der Waals surface area contributed by atoms with Gasteiger partial charge in [0, 0.05) is 29.8 Å². The Morgan fingerprint density at radius 3 is 2.53 bits per heavy atom. The molecule has 1 saturated heterocycles. The number of fused-ring (bicyclic) bond motifs is 1. The molecule has 184 valence electrons. The highest BCUT2D eigenvalue weighted by Gasteiger charge is 2.28. The first kappa shape index (κ1) is 23.6. The van der Waals surface area contributed by atoms with Crippen molar-refractivity contribution in [1.82, 2.24) is 20.7 Å². The zero-order valence-corrected chi connectivity index (χ0v) is 20.3. The third-order valence-corrected chi connectivity index (χ3v) is 7.17. The number of carbonyl (C=O) groups excluding carboxylic acids is 3. The van der Waals surface area contributed by atoms with Crippen molar-refractivity contribution >= 4 is 40.0 Å². The topological polar surface area (TPSA) is 114 Å². The maximum atomic E-state index is 12.9. The quantitative estimate of drug-likeness (QED) is 0.397. The lowest BCUT2D eigenvalue weighted by Gasteiger charge is -2.30. The zero-order chi connectivity index (χ0) is 25.1. The summed E-state index contributed by atoms with van der Waals surface area (Å²) in [6.07, 6.45) is 1.48. The number of furan rings is 1. The van der Waals surface area contributed by atoms with Crippen LogP contribution in [0.2, 0.25) is 0 Å². The number of likely N-dealkylation sites (tertiary alicyclic amines) is 1. The highest BCUT2D eigenvalue weighted by atomic mass is 32.1. The van der Waals surface area contributed by atoms with Crippen LogP contribution in [0.4, 0.5) is 0 Å². The summed E-state index contributed by atoms with van der Waals surface area (Å²) in [7, 11) is 1.47. The summed E-state index contributed by atoms with van der Waals surface area (Å²) in [6.45, 7) is 1.16. The van der Waals surface area contributed by atoms with Gasteiger partial charge >= 0.3 is 0 Å². The normalized spacial score (nSPS) is 14.0. The molecular weight excluding hydrogens is 480 g/mol. The number of carbonyl (C=O) groups is 3. The fourth-order valence-corrected chi connectivity index (χ4v) is 5.20. The first-order chi connectivity index (χ1) is 17.5. The monoisotopic (exact) mass is 504 g/mol. The molecule has 0 unspecified atom stereocenters. The van der Waals surface area contributed by atoms with Crippen LogP contribution in [0.15, 0.2) is 64.4 Å². The lowest BCUT2D eigenvalue weighted by molar-refractivity contribution is 0.0683. The van der Waals surface area contributed by atoms with E-state index >= 15 is 0 Å². The van der Waals surface area contributed by atoms with Crippen LogP contribution in [0, 0.1) is 0 Å². The summed E-state index contributed by atoms with van der Waals surface area (Å²) in [5.41, 5.74) is 6.04. The number of hydrogen-bond donors (Lipinski definition) is 2. The maximum Gasteiger partial charge on any atom is 0.289 e. The fourth-order valence-electron chi connectivity index (χ4n) is 4.23. The van der Waals surface area contributed by atoms with Crippen LogP contribution in [0.1, 0.15) is 55.2 Å². The van der Waals surface area contributed by atoms with E-state index in [1.54, 1.807) is 40.6 Å². The Balaban J connectivity index is 1.15. The first-order valence-corrected chi connectivity index (χ1v) is 12.4. The van der Waals surface area contributed by atoms with Crippen LogP contribution in [-0.4, -0.2) is 47.8 Å². The van der Waals surface area contributed by atoms with Crippen molar-refractivity contribution in [2.24, 2.45) is 0 Å². The molecule has 0 atom stereocenters. The number of ether oxygens (including phenoxy) is 1. The summed E-state index contributed by atoms with van der Waals surface area (Å²) < 4.78 is 10.9. The molecule has 4 aromatic rings. The smallest absolute Gasteiger partial charge is 0.289 e.